The molecule has 6 nitrogen and oxygen atoms in total. The first kappa shape index (κ1) is 16.9. The fraction of sp³-hybridized carbons (Fsp3) is 0.533. The fourth-order valence-electron chi connectivity index (χ4n) is 2.64. The molecule has 2 N–H and O–H groups in total. The van der Waals surface area contributed by atoms with Crippen LogP contribution in [0.4, 0.5) is 0 Å². The van der Waals surface area contributed by atoms with Crippen molar-refractivity contribution in [2.45, 2.75) is 37.6 Å². The van der Waals surface area contributed by atoms with Crippen molar-refractivity contribution in [2.24, 2.45) is 0 Å². The van der Waals surface area contributed by atoms with E-state index in [0.717, 1.165) is 25.9 Å². The number of carboxylic acid groups (broad SMARTS) is 1. The molecule has 0 aromatic heterocycles. The van der Waals surface area contributed by atoms with E-state index in [-0.39, 0.29) is 16.5 Å². The smallest absolute Gasteiger partial charge is 0.335 e. The molecular weight excluding hydrogens is 304 g/mol. The predicted octanol–water partition coefficient (Wildman–Crippen LogP) is 1.37. The molecule has 2 rings (SSSR count). The van der Waals surface area contributed by atoms with Crippen LogP contribution in [-0.4, -0.2) is 50.6 Å². The maximum atomic E-state index is 12.6. The zero-order chi connectivity index (χ0) is 16.5. The normalized spacial score (nSPS) is 17.6. The van der Waals surface area contributed by atoms with Crippen LogP contribution >= 0.6 is 0 Å². The molecule has 1 saturated heterocycles. The van der Waals surface area contributed by atoms with Gasteiger partial charge in [-0.25, -0.2) is 17.9 Å². The van der Waals surface area contributed by atoms with Gasteiger partial charge in [0.05, 0.1) is 10.5 Å². The first-order valence-corrected chi connectivity index (χ1v) is 8.74. The lowest BCUT2D eigenvalue weighted by atomic mass is 10.1. The van der Waals surface area contributed by atoms with Gasteiger partial charge < -0.3 is 10.0 Å². The number of carbonyl (C=O) groups is 1. The van der Waals surface area contributed by atoms with Crippen LogP contribution in [0.2, 0.25) is 0 Å². The minimum absolute atomic E-state index is 0.00754. The molecule has 0 radical (unpaired) electrons. The number of hydrogen-bond donors (Lipinski definition) is 2. The number of piperidine rings is 1. The predicted molar refractivity (Wildman–Crippen MR) is 83.7 cm³/mol. The van der Waals surface area contributed by atoms with Gasteiger partial charge in [-0.2, -0.15) is 0 Å². The lowest BCUT2D eigenvalue weighted by molar-refractivity contribution is 0.0696. The number of benzene rings is 1. The summed E-state index contributed by atoms with van der Waals surface area (Å²) >= 11 is 0. The molecule has 22 heavy (non-hydrogen) atoms. The molecule has 1 aromatic rings. The number of hydrogen-bond acceptors (Lipinski definition) is 4. The zero-order valence-corrected chi connectivity index (χ0v) is 13.9. The van der Waals surface area contributed by atoms with Crippen LogP contribution in [0.15, 0.2) is 17.0 Å². The lowest BCUT2D eigenvalue weighted by Gasteiger charge is -2.29. The molecule has 1 aliphatic heterocycles. The van der Waals surface area contributed by atoms with Crippen molar-refractivity contribution in [2.75, 3.05) is 20.1 Å². The van der Waals surface area contributed by atoms with Gasteiger partial charge in [0, 0.05) is 6.04 Å². The summed E-state index contributed by atoms with van der Waals surface area (Å²) in [5.41, 5.74) is 1.24. The van der Waals surface area contributed by atoms with Gasteiger partial charge in [0.25, 0.3) is 0 Å². The highest BCUT2D eigenvalue weighted by molar-refractivity contribution is 7.89. The Morgan fingerprint density at radius 2 is 1.86 bits per heavy atom. The Bertz CT molecular complexity index is 677. The van der Waals surface area contributed by atoms with Gasteiger partial charge in [-0.15, -0.1) is 0 Å². The first-order chi connectivity index (χ1) is 10.2. The Hall–Kier alpha value is -1.44. The number of aryl methyl sites for hydroxylation is 1. The van der Waals surface area contributed by atoms with Gasteiger partial charge in [-0.3, -0.25) is 0 Å². The van der Waals surface area contributed by atoms with E-state index in [0.29, 0.717) is 11.1 Å². The topological polar surface area (TPSA) is 86.7 Å². The van der Waals surface area contributed by atoms with E-state index in [4.69, 9.17) is 5.11 Å². The van der Waals surface area contributed by atoms with E-state index in [1.165, 1.54) is 12.1 Å². The average molecular weight is 326 g/mol. The van der Waals surface area contributed by atoms with Gasteiger partial charge in [0.1, 0.15) is 0 Å². The molecule has 0 bridgehead atoms. The molecule has 1 heterocycles. The summed E-state index contributed by atoms with van der Waals surface area (Å²) in [5, 5.41) is 9.12. The van der Waals surface area contributed by atoms with Crippen LogP contribution in [0.25, 0.3) is 0 Å². The quantitative estimate of drug-likeness (QED) is 0.873. The molecule has 0 unspecified atom stereocenters. The minimum atomic E-state index is -3.72. The van der Waals surface area contributed by atoms with Crippen LogP contribution < -0.4 is 4.72 Å². The number of sulfonamides is 1. The summed E-state index contributed by atoms with van der Waals surface area (Å²) in [7, 11) is -1.71. The largest absolute Gasteiger partial charge is 0.478 e. The number of nitrogens with one attached hydrogen (secondary N) is 1. The maximum absolute atomic E-state index is 12.6. The van der Waals surface area contributed by atoms with Gasteiger partial charge in [-0.05, 0) is 70.1 Å². The first-order valence-electron chi connectivity index (χ1n) is 7.26. The van der Waals surface area contributed by atoms with Crippen LogP contribution in [0.5, 0.6) is 0 Å². The van der Waals surface area contributed by atoms with E-state index in [1.807, 2.05) is 7.05 Å². The van der Waals surface area contributed by atoms with Gasteiger partial charge in [-0.1, -0.05) is 0 Å². The van der Waals surface area contributed by atoms with Crippen molar-refractivity contribution >= 4 is 16.0 Å². The van der Waals surface area contributed by atoms with Crippen molar-refractivity contribution in [3.8, 4) is 0 Å². The molecule has 122 valence electrons. The second kappa shape index (κ2) is 6.36. The molecule has 0 spiro atoms. The maximum Gasteiger partial charge on any atom is 0.335 e. The second-order valence-corrected chi connectivity index (χ2v) is 7.60. The van der Waals surface area contributed by atoms with Crippen LogP contribution in [0, 0.1) is 13.8 Å². The Morgan fingerprint density at radius 1 is 1.27 bits per heavy atom. The molecule has 0 aliphatic carbocycles. The summed E-state index contributed by atoms with van der Waals surface area (Å²) in [6.07, 6.45) is 1.51. The SMILES string of the molecule is Cc1cc(C(=O)O)cc(S(=O)(=O)NC2CCN(C)CC2)c1C. The number of rotatable bonds is 4. The highest BCUT2D eigenvalue weighted by atomic mass is 32.2. The van der Waals surface area contributed by atoms with Gasteiger partial charge >= 0.3 is 5.97 Å². The Balaban J connectivity index is 2.31. The van der Waals surface area contributed by atoms with Crippen LogP contribution in [0.3, 0.4) is 0 Å². The molecule has 0 atom stereocenters. The molecular formula is C15H22N2O4S. The van der Waals surface area contributed by atoms with Crippen molar-refractivity contribution in [3.05, 3.63) is 28.8 Å². The summed E-state index contributed by atoms with van der Waals surface area (Å²) in [5.74, 6) is -1.13. The number of aromatic carboxylic acids is 1. The van der Waals surface area contributed by atoms with Crippen LogP contribution in [-0.2, 0) is 10.0 Å². The van der Waals surface area contributed by atoms with Crippen molar-refractivity contribution in [1.29, 1.82) is 0 Å². The molecule has 1 fully saturated rings. The molecule has 0 amide bonds. The third kappa shape index (κ3) is 3.66. The standard InChI is InChI=1S/C15H22N2O4S/c1-10-8-12(15(18)19)9-14(11(10)2)22(20,21)16-13-4-6-17(3)7-5-13/h8-9,13,16H,4-7H2,1-3H3,(H,18,19). The van der Waals surface area contributed by atoms with E-state index >= 15 is 0 Å². The van der Waals surface area contributed by atoms with Gasteiger partial charge in [0.15, 0.2) is 0 Å². The van der Waals surface area contributed by atoms with Crippen LogP contribution in [0.1, 0.15) is 34.3 Å². The summed E-state index contributed by atoms with van der Waals surface area (Å²) in [6.45, 7) is 5.11. The lowest BCUT2D eigenvalue weighted by Crippen LogP contribution is -2.43. The summed E-state index contributed by atoms with van der Waals surface area (Å²) in [6, 6.07) is 2.63. The summed E-state index contributed by atoms with van der Waals surface area (Å²) in [4.78, 5) is 13.4. The highest BCUT2D eigenvalue weighted by Gasteiger charge is 2.26. The van der Waals surface area contributed by atoms with Crippen molar-refractivity contribution < 1.29 is 18.3 Å². The molecule has 0 saturated carbocycles. The van der Waals surface area contributed by atoms with Crippen molar-refractivity contribution in [1.82, 2.24) is 9.62 Å². The Morgan fingerprint density at radius 3 is 2.41 bits per heavy atom. The Kier molecular flexibility index (Phi) is 4.89. The third-order valence-corrected chi connectivity index (χ3v) is 5.84. The second-order valence-electron chi connectivity index (χ2n) is 5.92. The fourth-order valence-corrected chi connectivity index (χ4v) is 4.29. The molecule has 1 aliphatic rings. The minimum Gasteiger partial charge on any atom is -0.478 e. The zero-order valence-electron chi connectivity index (χ0n) is 13.1. The van der Waals surface area contributed by atoms with Crippen molar-refractivity contribution in [3.63, 3.8) is 0 Å². The number of nitrogens with zero attached hydrogens (tertiary/aromatic N) is 1. The van der Waals surface area contributed by atoms with E-state index in [2.05, 4.69) is 9.62 Å². The van der Waals surface area contributed by atoms with E-state index < -0.39 is 16.0 Å². The Labute approximate surface area is 131 Å². The van der Waals surface area contributed by atoms with Gasteiger partial charge in [0.2, 0.25) is 10.0 Å². The monoisotopic (exact) mass is 326 g/mol. The van der Waals surface area contributed by atoms with E-state index in [9.17, 15) is 13.2 Å². The number of likely N-dealkylation sites (tertiary alicyclic amines) is 1. The number of carboxylic acids is 1. The third-order valence-electron chi connectivity index (χ3n) is 4.20. The molecule has 1 aromatic carbocycles. The highest BCUT2D eigenvalue weighted by Crippen LogP contribution is 2.22. The summed E-state index contributed by atoms with van der Waals surface area (Å²) < 4.78 is 27.9. The molecule has 7 heteroatoms. The van der Waals surface area contributed by atoms with E-state index in [1.54, 1.807) is 13.8 Å². The average Bonchev–Trinajstić information content (AvgIpc) is 2.43.